The molecule has 0 heterocycles. The average molecular weight is 314 g/mol. The number of aryl methyl sites for hydroxylation is 1. The highest BCUT2D eigenvalue weighted by Gasteiger charge is 2.13. The number of benzene rings is 2. The van der Waals surface area contributed by atoms with Gasteiger partial charge in [-0.25, -0.2) is 0 Å². The summed E-state index contributed by atoms with van der Waals surface area (Å²) in [7, 11) is 1.85. The predicted octanol–water partition coefficient (Wildman–Crippen LogP) is 3.94. The Morgan fingerprint density at radius 3 is 2.50 bits per heavy atom. The van der Waals surface area contributed by atoms with Crippen LogP contribution in [0.4, 0.5) is 5.69 Å². The van der Waals surface area contributed by atoms with Crippen molar-refractivity contribution in [1.29, 1.82) is 0 Å². The number of rotatable bonds is 6. The summed E-state index contributed by atoms with van der Waals surface area (Å²) in [6, 6.07) is 16.4. The number of anilines is 1. The van der Waals surface area contributed by atoms with E-state index in [1.54, 1.807) is 11.8 Å². The normalized spacial score (nSPS) is 12.0. The maximum absolute atomic E-state index is 12.1. The Morgan fingerprint density at radius 2 is 1.86 bits per heavy atom. The zero-order chi connectivity index (χ0) is 15.9. The molecule has 0 aromatic heterocycles. The van der Waals surface area contributed by atoms with Crippen LogP contribution in [0.3, 0.4) is 0 Å². The van der Waals surface area contributed by atoms with Crippen LogP contribution in [0.15, 0.2) is 58.3 Å². The Kier molecular flexibility index (Phi) is 6.04. The maximum atomic E-state index is 12.1. The fraction of sp³-hybridized carbons (Fsp3) is 0.278. The summed E-state index contributed by atoms with van der Waals surface area (Å²) in [5.41, 5.74) is 1.95. The van der Waals surface area contributed by atoms with E-state index in [-0.39, 0.29) is 11.8 Å². The van der Waals surface area contributed by atoms with Gasteiger partial charge in [0.1, 0.15) is 0 Å². The van der Waals surface area contributed by atoms with Gasteiger partial charge in [-0.15, -0.1) is 0 Å². The van der Waals surface area contributed by atoms with Crippen LogP contribution < -0.4 is 10.6 Å². The molecule has 1 unspecified atom stereocenters. The molecule has 0 spiro atoms. The highest BCUT2D eigenvalue weighted by atomic mass is 32.2. The van der Waals surface area contributed by atoms with Crippen molar-refractivity contribution in [2.75, 3.05) is 18.9 Å². The topological polar surface area (TPSA) is 41.1 Å². The van der Waals surface area contributed by atoms with Crippen molar-refractivity contribution in [2.45, 2.75) is 23.6 Å². The standard InChI is InChI=1S/C18H22N2OS/c1-13-11-16(22-15-7-5-4-6-8-15)9-10-17(13)20-18(21)14(2)12-19-3/h4-11,14,19H,12H2,1-3H3,(H,20,21). The van der Waals surface area contributed by atoms with E-state index in [9.17, 15) is 4.79 Å². The Hall–Kier alpha value is -1.78. The van der Waals surface area contributed by atoms with Crippen molar-refractivity contribution in [2.24, 2.45) is 5.92 Å². The Morgan fingerprint density at radius 1 is 1.14 bits per heavy atom. The van der Waals surface area contributed by atoms with Crippen LogP contribution in [-0.2, 0) is 4.79 Å². The van der Waals surface area contributed by atoms with E-state index in [1.807, 2.05) is 51.2 Å². The van der Waals surface area contributed by atoms with Gasteiger partial charge < -0.3 is 10.6 Å². The van der Waals surface area contributed by atoms with Gasteiger partial charge >= 0.3 is 0 Å². The second kappa shape index (κ2) is 8.01. The largest absolute Gasteiger partial charge is 0.326 e. The fourth-order valence-electron chi connectivity index (χ4n) is 2.12. The Bertz CT molecular complexity index is 628. The third-order valence-electron chi connectivity index (χ3n) is 3.39. The number of nitrogens with one attached hydrogen (secondary N) is 2. The first-order valence-electron chi connectivity index (χ1n) is 7.39. The van der Waals surface area contributed by atoms with Gasteiger partial charge in [0.05, 0.1) is 0 Å². The van der Waals surface area contributed by atoms with Gasteiger partial charge in [-0.3, -0.25) is 4.79 Å². The zero-order valence-electron chi connectivity index (χ0n) is 13.2. The second-order valence-corrected chi connectivity index (χ2v) is 6.49. The molecule has 0 aliphatic rings. The summed E-state index contributed by atoms with van der Waals surface area (Å²) in [6.07, 6.45) is 0. The lowest BCUT2D eigenvalue weighted by atomic mass is 10.1. The fourth-order valence-corrected chi connectivity index (χ4v) is 3.06. The minimum Gasteiger partial charge on any atom is -0.326 e. The van der Waals surface area contributed by atoms with Crippen molar-refractivity contribution >= 4 is 23.4 Å². The van der Waals surface area contributed by atoms with Crippen molar-refractivity contribution in [3.63, 3.8) is 0 Å². The van der Waals surface area contributed by atoms with E-state index in [0.717, 1.165) is 11.3 Å². The van der Waals surface area contributed by atoms with E-state index >= 15 is 0 Å². The smallest absolute Gasteiger partial charge is 0.228 e. The van der Waals surface area contributed by atoms with Crippen molar-refractivity contribution in [3.05, 3.63) is 54.1 Å². The van der Waals surface area contributed by atoms with Crippen LogP contribution in [0.25, 0.3) is 0 Å². The van der Waals surface area contributed by atoms with Crippen LogP contribution in [0.5, 0.6) is 0 Å². The number of carbonyl (C=O) groups is 1. The van der Waals surface area contributed by atoms with E-state index < -0.39 is 0 Å². The van der Waals surface area contributed by atoms with E-state index in [2.05, 4.69) is 28.8 Å². The van der Waals surface area contributed by atoms with E-state index in [4.69, 9.17) is 0 Å². The molecule has 2 rings (SSSR count). The first-order chi connectivity index (χ1) is 10.6. The van der Waals surface area contributed by atoms with E-state index in [1.165, 1.54) is 9.79 Å². The molecular weight excluding hydrogens is 292 g/mol. The molecule has 1 atom stereocenters. The lowest BCUT2D eigenvalue weighted by Gasteiger charge is -2.14. The van der Waals surface area contributed by atoms with Crippen LogP contribution in [0.2, 0.25) is 0 Å². The van der Waals surface area contributed by atoms with Gasteiger partial charge in [-0.2, -0.15) is 0 Å². The quantitative estimate of drug-likeness (QED) is 0.848. The number of carbonyl (C=O) groups excluding carboxylic acids is 1. The van der Waals surface area contributed by atoms with Crippen molar-refractivity contribution in [3.8, 4) is 0 Å². The molecule has 2 aromatic carbocycles. The SMILES string of the molecule is CNCC(C)C(=O)Nc1ccc(Sc2ccccc2)cc1C. The highest BCUT2D eigenvalue weighted by molar-refractivity contribution is 7.99. The minimum absolute atomic E-state index is 0.0425. The molecule has 2 N–H and O–H groups in total. The van der Waals surface area contributed by atoms with Crippen LogP contribution in [0, 0.1) is 12.8 Å². The third-order valence-corrected chi connectivity index (χ3v) is 4.39. The highest BCUT2D eigenvalue weighted by Crippen LogP contribution is 2.30. The molecule has 4 heteroatoms. The molecule has 2 aromatic rings. The molecule has 0 radical (unpaired) electrons. The molecule has 116 valence electrons. The summed E-state index contributed by atoms with van der Waals surface area (Å²) in [4.78, 5) is 14.5. The van der Waals surface area contributed by atoms with E-state index in [0.29, 0.717) is 6.54 Å². The molecule has 22 heavy (non-hydrogen) atoms. The molecular formula is C18H22N2OS. The number of amides is 1. The van der Waals surface area contributed by atoms with Gasteiger partial charge in [0.15, 0.2) is 0 Å². The zero-order valence-corrected chi connectivity index (χ0v) is 14.0. The minimum atomic E-state index is -0.0530. The third kappa shape index (κ3) is 4.61. The molecule has 0 aliphatic heterocycles. The summed E-state index contributed by atoms with van der Waals surface area (Å²) in [6.45, 7) is 4.61. The maximum Gasteiger partial charge on any atom is 0.228 e. The Labute approximate surface area is 136 Å². The molecule has 0 fully saturated rings. The number of hydrogen-bond acceptors (Lipinski definition) is 3. The summed E-state index contributed by atoms with van der Waals surface area (Å²) in [5, 5.41) is 6.02. The summed E-state index contributed by atoms with van der Waals surface area (Å²) >= 11 is 1.72. The van der Waals surface area contributed by atoms with Crippen LogP contribution >= 0.6 is 11.8 Å². The molecule has 1 amide bonds. The Balaban J connectivity index is 2.05. The molecule has 0 bridgehead atoms. The van der Waals surface area contributed by atoms with Gasteiger partial charge in [-0.05, 0) is 49.9 Å². The number of hydrogen-bond donors (Lipinski definition) is 2. The van der Waals surface area contributed by atoms with Crippen LogP contribution in [-0.4, -0.2) is 19.5 Å². The first kappa shape index (κ1) is 16.6. The average Bonchev–Trinajstić information content (AvgIpc) is 2.51. The van der Waals surface area contributed by atoms with Gasteiger partial charge in [-0.1, -0.05) is 36.9 Å². The molecule has 0 saturated heterocycles. The van der Waals surface area contributed by atoms with Gasteiger partial charge in [0.25, 0.3) is 0 Å². The summed E-state index contributed by atoms with van der Waals surface area (Å²) in [5.74, 6) is -0.0105. The predicted molar refractivity (Wildman–Crippen MR) is 93.5 cm³/mol. The van der Waals surface area contributed by atoms with Crippen molar-refractivity contribution < 1.29 is 4.79 Å². The monoisotopic (exact) mass is 314 g/mol. The van der Waals surface area contributed by atoms with Crippen molar-refractivity contribution in [1.82, 2.24) is 5.32 Å². The summed E-state index contributed by atoms with van der Waals surface area (Å²) < 4.78 is 0. The molecule has 0 saturated carbocycles. The first-order valence-corrected chi connectivity index (χ1v) is 8.21. The van der Waals surface area contributed by atoms with Crippen LogP contribution in [0.1, 0.15) is 12.5 Å². The lowest BCUT2D eigenvalue weighted by molar-refractivity contribution is -0.119. The van der Waals surface area contributed by atoms with Gasteiger partial charge in [0.2, 0.25) is 5.91 Å². The lowest BCUT2D eigenvalue weighted by Crippen LogP contribution is -2.28. The van der Waals surface area contributed by atoms with Gasteiger partial charge in [0, 0.05) is 27.9 Å². The molecule has 3 nitrogen and oxygen atoms in total. The second-order valence-electron chi connectivity index (χ2n) is 5.34. The molecule has 0 aliphatic carbocycles.